The Balaban J connectivity index is 1.81. The highest BCUT2D eigenvalue weighted by Gasteiger charge is 2.16. The van der Waals surface area contributed by atoms with Gasteiger partial charge >= 0.3 is 0 Å². The zero-order valence-corrected chi connectivity index (χ0v) is 16.5. The normalized spacial score (nSPS) is 15.5. The first-order chi connectivity index (χ1) is 14.3. The van der Waals surface area contributed by atoms with E-state index in [0.717, 1.165) is 60.2 Å². The van der Waals surface area contributed by atoms with E-state index in [9.17, 15) is 0 Å². The fraction of sp³-hybridized carbons (Fsp3) is 0.227. The smallest absolute Gasteiger partial charge is 0.186 e. The number of hydrogen-bond acceptors (Lipinski definition) is 4. The second-order valence-electron chi connectivity index (χ2n) is 6.78. The number of imidazole rings is 1. The topological polar surface area (TPSA) is 55.5 Å². The molecule has 0 atom stereocenters. The molecule has 2 aromatic heterocycles. The Kier molecular flexibility index (Phi) is 5.73. The van der Waals surface area contributed by atoms with E-state index < -0.39 is 0 Å². The SMILES string of the molecule is B/C(=N\C=C(/CC#C)c1nc2ccncc2n1-c1ccccc1)N1CCOCC1. The number of para-hydroxylation sites is 1. The number of rotatable bonds is 4. The van der Waals surface area contributed by atoms with Crippen molar-refractivity contribution >= 4 is 30.2 Å². The van der Waals surface area contributed by atoms with Gasteiger partial charge in [-0.1, -0.05) is 18.2 Å². The van der Waals surface area contributed by atoms with Gasteiger partial charge in [0, 0.05) is 43.2 Å². The zero-order chi connectivity index (χ0) is 20.1. The Bertz CT molecular complexity index is 1090. The molecule has 0 spiro atoms. The maximum atomic E-state index is 5.68. The molecule has 0 radical (unpaired) electrons. The fourth-order valence-corrected chi connectivity index (χ4v) is 3.41. The molecule has 3 aromatic rings. The van der Waals surface area contributed by atoms with Gasteiger partial charge in [-0.3, -0.25) is 14.5 Å². The predicted octanol–water partition coefficient (Wildman–Crippen LogP) is 2.11. The number of terminal acetylenes is 1. The van der Waals surface area contributed by atoms with Crippen LogP contribution < -0.4 is 0 Å². The summed E-state index contributed by atoms with van der Waals surface area (Å²) in [6.45, 7) is 3.15. The monoisotopic (exact) mass is 383 g/mol. The standard InChI is InChI=1S/C22H22BN5O/c1-2-6-17(15-25-22(23)27-11-13-29-14-12-27)21-26-19-9-10-24-16-20(19)28(21)18-7-4-3-5-8-18/h1,3-5,7-10,15-16H,6,11-14,23H2/b17-15+,25-22+. The van der Waals surface area contributed by atoms with Gasteiger partial charge in [0.25, 0.3) is 0 Å². The molecule has 0 aliphatic carbocycles. The summed E-state index contributed by atoms with van der Waals surface area (Å²) >= 11 is 0. The quantitative estimate of drug-likeness (QED) is 0.300. The van der Waals surface area contributed by atoms with Crippen molar-refractivity contribution in [1.29, 1.82) is 0 Å². The number of allylic oxidation sites excluding steroid dienone is 1. The molecule has 0 N–H and O–H groups in total. The lowest BCUT2D eigenvalue weighted by Gasteiger charge is -2.28. The molecular weight excluding hydrogens is 361 g/mol. The zero-order valence-electron chi connectivity index (χ0n) is 16.5. The number of fused-ring (bicyclic) bond motifs is 1. The molecule has 6 nitrogen and oxygen atoms in total. The van der Waals surface area contributed by atoms with Crippen LogP contribution in [0.25, 0.3) is 22.3 Å². The highest BCUT2D eigenvalue weighted by molar-refractivity contribution is 6.58. The summed E-state index contributed by atoms with van der Waals surface area (Å²) in [7, 11) is 2.01. The summed E-state index contributed by atoms with van der Waals surface area (Å²) < 4.78 is 7.51. The molecule has 29 heavy (non-hydrogen) atoms. The van der Waals surface area contributed by atoms with Gasteiger partial charge in [-0.05, 0) is 18.2 Å². The molecule has 4 rings (SSSR count). The van der Waals surface area contributed by atoms with Crippen LogP contribution in [0, 0.1) is 12.3 Å². The van der Waals surface area contributed by atoms with Gasteiger partial charge in [0.15, 0.2) is 7.85 Å². The van der Waals surface area contributed by atoms with E-state index in [2.05, 4.69) is 20.4 Å². The van der Waals surface area contributed by atoms with Gasteiger partial charge in [-0.25, -0.2) is 4.98 Å². The maximum Gasteiger partial charge on any atom is 0.186 e. The van der Waals surface area contributed by atoms with Crippen LogP contribution in [0.3, 0.4) is 0 Å². The van der Waals surface area contributed by atoms with Gasteiger partial charge in [-0.2, -0.15) is 0 Å². The van der Waals surface area contributed by atoms with Crippen molar-refractivity contribution in [3.8, 4) is 18.0 Å². The minimum absolute atomic E-state index is 0.434. The Labute approximate surface area is 171 Å². The van der Waals surface area contributed by atoms with Gasteiger partial charge in [-0.15, -0.1) is 12.3 Å². The Morgan fingerprint density at radius 1 is 1.24 bits per heavy atom. The first kappa shape index (κ1) is 19.0. The number of benzene rings is 1. The van der Waals surface area contributed by atoms with E-state index in [4.69, 9.17) is 21.1 Å². The molecule has 7 heteroatoms. The number of morpholine rings is 1. The van der Waals surface area contributed by atoms with E-state index in [0.29, 0.717) is 6.42 Å². The van der Waals surface area contributed by atoms with Gasteiger partial charge < -0.3 is 9.64 Å². The second kappa shape index (κ2) is 8.76. The van der Waals surface area contributed by atoms with Crippen LogP contribution in [-0.2, 0) is 4.74 Å². The molecule has 1 aliphatic rings. The van der Waals surface area contributed by atoms with Crippen LogP contribution in [0.5, 0.6) is 0 Å². The minimum atomic E-state index is 0.434. The Morgan fingerprint density at radius 3 is 2.79 bits per heavy atom. The largest absolute Gasteiger partial charge is 0.378 e. The molecule has 0 unspecified atom stereocenters. The minimum Gasteiger partial charge on any atom is -0.378 e. The molecule has 1 aromatic carbocycles. The Morgan fingerprint density at radius 2 is 2.03 bits per heavy atom. The number of aliphatic imine (C=N–C) groups is 1. The van der Waals surface area contributed by atoms with E-state index in [1.54, 1.807) is 6.20 Å². The third kappa shape index (κ3) is 4.08. The highest BCUT2D eigenvalue weighted by Crippen LogP contribution is 2.27. The van der Waals surface area contributed by atoms with Crippen molar-refractivity contribution in [2.45, 2.75) is 6.42 Å². The molecule has 1 fully saturated rings. The summed E-state index contributed by atoms with van der Waals surface area (Å²) in [6, 6.07) is 12.0. The summed E-state index contributed by atoms with van der Waals surface area (Å²) in [4.78, 5) is 16.1. The first-order valence-electron chi connectivity index (χ1n) is 9.66. The van der Waals surface area contributed by atoms with Gasteiger partial charge in [0.2, 0.25) is 0 Å². The lowest BCUT2D eigenvalue weighted by Crippen LogP contribution is -2.40. The van der Waals surface area contributed by atoms with Gasteiger partial charge in [0.1, 0.15) is 5.82 Å². The summed E-state index contributed by atoms with van der Waals surface area (Å²) in [6.07, 6.45) is 11.5. The summed E-state index contributed by atoms with van der Waals surface area (Å²) in [5.41, 5.74) is 4.66. The van der Waals surface area contributed by atoms with Crippen LogP contribution in [0.2, 0.25) is 0 Å². The molecule has 0 bridgehead atoms. The highest BCUT2D eigenvalue weighted by atomic mass is 16.5. The van der Waals surface area contributed by atoms with Crippen molar-refractivity contribution in [2.75, 3.05) is 26.3 Å². The molecular formula is C22H22BN5O. The number of pyridine rings is 1. The van der Waals surface area contributed by atoms with E-state index in [-0.39, 0.29) is 0 Å². The van der Waals surface area contributed by atoms with Crippen LogP contribution >= 0.6 is 0 Å². The van der Waals surface area contributed by atoms with E-state index in [1.807, 2.05) is 56.6 Å². The van der Waals surface area contributed by atoms with Crippen LogP contribution in [-0.4, -0.2) is 59.3 Å². The van der Waals surface area contributed by atoms with Gasteiger partial charge in [0.05, 0.1) is 36.2 Å². The molecule has 144 valence electrons. The third-order valence-corrected chi connectivity index (χ3v) is 4.93. The van der Waals surface area contributed by atoms with Crippen LogP contribution in [0.4, 0.5) is 0 Å². The Hall–Kier alpha value is -3.37. The van der Waals surface area contributed by atoms with E-state index >= 15 is 0 Å². The fourth-order valence-electron chi connectivity index (χ4n) is 3.41. The average Bonchev–Trinajstić information content (AvgIpc) is 3.17. The third-order valence-electron chi connectivity index (χ3n) is 4.93. The summed E-state index contributed by atoms with van der Waals surface area (Å²) in [5.74, 6) is 3.54. The summed E-state index contributed by atoms with van der Waals surface area (Å²) in [5, 5.41) is 0. The molecule has 3 heterocycles. The van der Waals surface area contributed by atoms with Crippen LogP contribution in [0.15, 0.2) is 60.0 Å². The first-order valence-corrected chi connectivity index (χ1v) is 9.66. The molecule has 0 saturated carbocycles. The number of nitrogens with zero attached hydrogens (tertiary/aromatic N) is 5. The molecule has 1 saturated heterocycles. The van der Waals surface area contributed by atoms with Crippen molar-refractivity contribution in [3.05, 3.63) is 60.8 Å². The molecule has 1 aliphatic heterocycles. The second-order valence-corrected chi connectivity index (χ2v) is 6.78. The van der Waals surface area contributed by atoms with E-state index in [1.165, 1.54) is 0 Å². The van der Waals surface area contributed by atoms with Crippen molar-refractivity contribution < 1.29 is 4.74 Å². The lowest BCUT2D eigenvalue weighted by atomic mass is 10.1. The van der Waals surface area contributed by atoms with Crippen molar-refractivity contribution in [2.24, 2.45) is 4.99 Å². The number of aromatic nitrogens is 3. The maximum absolute atomic E-state index is 5.68. The predicted molar refractivity (Wildman–Crippen MR) is 119 cm³/mol. The number of ether oxygens (including phenoxy) is 1. The number of hydrogen-bond donors (Lipinski definition) is 0. The lowest BCUT2D eigenvalue weighted by molar-refractivity contribution is 0.0692. The average molecular weight is 383 g/mol. The van der Waals surface area contributed by atoms with Crippen molar-refractivity contribution in [1.82, 2.24) is 19.4 Å². The van der Waals surface area contributed by atoms with Crippen LogP contribution in [0.1, 0.15) is 12.2 Å². The number of amidine groups is 1. The molecule has 0 amide bonds. The van der Waals surface area contributed by atoms with Crippen molar-refractivity contribution in [3.63, 3.8) is 0 Å².